The van der Waals surface area contributed by atoms with Crippen molar-refractivity contribution in [3.05, 3.63) is 29.8 Å². The molecule has 1 rings (SSSR count). The first-order chi connectivity index (χ1) is 7.86. The summed E-state index contributed by atoms with van der Waals surface area (Å²) in [5.74, 6) is 0.859. The Balaban J connectivity index is 2.15. The summed E-state index contributed by atoms with van der Waals surface area (Å²) >= 11 is 0. The van der Waals surface area contributed by atoms with Gasteiger partial charge in [0.15, 0.2) is 0 Å². The van der Waals surface area contributed by atoms with Crippen LogP contribution in [0.5, 0.6) is 5.75 Å². The van der Waals surface area contributed by atoms with Gasteiger partial charge < -0.3 is 9.47 Å². The normalized spacial score (nSPS) is 9.75. The van der Waals surface area contributed by atoms with Crippen molar-refractivity contribution >= 4 is 0 Å². The van der Waals surface area contributed by atoms with Gasteiger partial charge in [-0.1, -0.05) is 12.1 Å². The Morgan fingerprint density at radius 1 is 1.19 bits per heavy atom. The molecule has 86 valence electrons. The first-order valence-corrected chi connectivity index (χ1v) is 5.44. The molecular formula is C13H17NO2. The number of nitriles is 1. The molecule has 0 saturated heterocycles. The summed E-state index contributed by atoms with van der Waals surface area (Å²) in [5, 5.41) is 8.35. The number of rotatable bonds is 7. The van der Waals surface area contributed by atoms with E-state index in [9.17, 15) is 0 Å². The van der Waals surface area contributed by atoms with E-state index in [0.717, 1.165) is 24.2 Å². The summed E-state index contributed by atoms with van der Waals surface area (Å²) in [7, 11) is 1.65. The fraction of sp³-hybridized carbons (Fsp3) is 0.462. The van der Waals surface area contributed by atoms with Crippen LogP contribution in [0.3, 0.4) is 0 Å². The number of hydrogen-bond acceptors (Lipinski definition) is 3. The van der Waals surface area contributed by atoms with Crippen molar-refractivity contribution in [1.29, 1.82) is 5.26 Å². The summed E-state index contributed by atoms with van der Waals surface area (Å²) in [5.41, 5.74) is 1.14. The van der Waals surface area contributed by atoms with Crippen molar-refractivity contribution in [2.45, 2.75) is 25.9 Å². The second kappa shape index (κ2) is 7.72. The molecule has 3 heteroatoms. The number of ether oxygens (including phenoxy) is 2. The monoisotopic (exact) mass is 219 g/mol. The predicted molar refractivity (Wildman–Crippen MR) is 62.1 cm³/mol. The van der Waals surface area contributed by atoms with Gasteiger partial charge in [-0.05, 0) is 30.5 Å². The zero-order valence-corrected chi connectivity index (χ0v) is 9.61. The Hall–Kier alpha value is -1.53. The van der Waals surface area contributed by atoms with Crippen LogP contribution in [-0.2, 0) is 11.3 Å². The lowest BCUT2D eigenvalue weighted by molar-refractivity contribution is 0.117. The van der Waals surface area contributed by atoms with Crippen LogP contribution in [0.4, 0.5) is 0 Å². The van der Waals surface area contributed by atoms with Crippen molar-refractivity contribution < 1.29 is 9.47 Å². The SMILES string of the molecule is COc1ccc(COCCCCC#N)cc1. The number of unbranched alkanes of at least 4 members (excludes halogenated alkanes) is 2. The predicted octanol–water partition coefficient (Wildman–Crippen LogP) is 2.91. The van der Waals surface area contributed by atoms with Gasteiger partial charge in [0.25, 0.3) is 0 Å². The van der Waals surface area contributed by atoms with E-state index in [1.165, 1.54) is 0 Å². The molecule has 0 bridgehead atoms. The maximum atomic E-state index is 8.35. The second-order valence-electron chi connectivity index (χ2n) is 3.52. The van der Waals surface area contributed by atoms with Gasteiger partial charge in [-0.15, -0.1) is 0 Å². The lowest BCUT2D eigenvalue weighted by atomic mass is 10.2. The van der Waals surface area contributed by atoms with Crippen LogP contribution < -0.4 is 4.74 Å². The topological polar surface area (TPSA) is 42.2 Å². The molecule has 0 saturated carbocycles. The molecular weight excluding hydrogens is 202 g/mol. The van der Waals surface area contributed by atoms with Crippen molar-refractivity contribution in [2.75, 3.05) is 13.7 Å². The Morgan fingerprint density at radius 2 is 1.94 bits per heavy atom. The number of benzene rings is 1. The average Bonchev–Trinajstić information content (AvgIpc) is 2.34. The third kappa shape index (κ3) is 4.81. The van der Waals surface area contributed by atoms with E-state index in [-0.39, 0.29) is 0 Å². The van der Waals surface area contributed by atoms with Crippen LogP contribution in [0.2, 0.25) is 0 Å². The van der Waals surface area contributed by atoms with Gasteiger partial charge in [0.05, 0.1) is 19.8 Å². The molecule has 16 heavy (non-hydrogen) atoms. The van der Waals surface area contributed by atoms with Gasteiger partial charge in [-0.25, -0.2) is 0 Å². The number of hydrogen-bond donors (Lipinski definition) is 0. The molecule has 0 aliphatic carbocycles. The summed E-state index contributed by atoms with van der Waals surface area (Å²) in [6.07, 6.45) is 2.48. The summed E-state index contributed by atoms with van der Waals surface area (Å²) in [6.45, 7) is 1.34. The fourth-order valence-corrected chi connectivity index (χ4v) is 1.32. The largest absolute Gasteiger partial charge is 0.497 e. The minimum Gasteiger partial charge on any atom is -0.497 e. The van der Waals surface area contributed by atoms with Crippen molar-refractivity contribution in [3.63, 3.8) is 0 Å². The minimum atomic E-state index is 0.617. The molecule has 0 aromatic heterocycles. The Bertz CT molecular complexity index is 327. The minimum absolute atomic E-state index is 0.617. The molecule has 3 nitrogen and oxygen atoms in total. The molecule has 1 aromatic rings. The van der Waals surface area contributed by atoms with Gasteiger partial charge in [-0.3, -0.25) is 0 Å². The van der Waals surface area contributed by atoms with Crippen LogP contribution in [0.15, 0.2) is 24.3 Å². The van der Waals surface area contributed by atoms with Gasteiger partial charge in [0.2, 0.25) is 0 Å². The number of nitrogens with zero attached hydrogens (tertiary/aromatic N) is 1. The van der Waals surface area contributed by atoms with E-state index in [1.807, 2.05) is 24.3 Å². The van der Waals surface area contributed by atoms with E-state index in [0.29, 0.717) is 19.6 Å². The zero-order valence-electron chi connectivity index (χ0n) is 9.61. The highest BCUT2D eigenvalue weighted by molar-refractivity contribution is 5.26. The molecule has 0 heterocycles. The summed E-state index contributed by atoms with van der Waals surface area (Å²) < 4.78 is 10.6. The molecule has 0 atom stereocenters. The average molecular weight is 219 g/mol. The third-order valence-electron chi connectivity index (χ3n) is 2.26. The van der Waals surface area contributed by atoms with Crippen molar-refractivity contribution in [3.8, 4) is 11.8 Å². The van der Waals surface area contributed by atoms with Crippen LogP contribution in [-0.4, -0.2) is 13.7 Å². The van der Waals surface area contributed by atoms with E-state index in [4.69, 9.17) is 14.7 Å². The molecule has 0 spiro atoms. The second-order valence-corrected chi connectivity index (χ2v) is 3.52. The smallest absolute Gasteiger partial charge is 0.118 e. The highest BCUT2D eigenvalue weighted by Crippen LogP contribution is 2.12. The Kier molecular flexibility index (Phi) is 6.05. The molecule has 0 fully saturated rings. The molecule has 0 radical (unpaired) electrons. The van der Waals surface area contributed by atoms with Crippen LogP contribution in [0, 0.1) is 11.3 Å². The van der Waals surface area contributed by atoms with Crippen molar-refractivity contribution in [2.24, 2.45) is 0 Å². The van der Waals surface area contributed by atoms with E-state index < -0.39 is 0 Å². The van der Waals surface area contributed by atoms with E-state index in [1.54, 1.807) is 7.11 Å². The van der Waals surface area contributed by atoms with E-state index in [2.05, 4.69) is 6.07 Å². The van der Waals surface area contributed by atoms with Crippen LogP contribution in [0.25, 0.3) is 0 Å². The molecule has 0 aliphatic rings. The van der Waals surface area contributed by atoms with Crippen LogP contribution >= 0.6 is 0 Å². The van der Waals surface area contributed by atoms with Gasteiger partial charge in [0, 0.05) is 13.0 Å². The molecule has 1 aromatic carbocycles. The van der Waals surface area contributed by atoms with E-state index >= 15 is 0 Å². The zero-order chi connectivity index (χ0) is 11.6. The molecule has 0 N–H and O–H groups in total. The first-order valence-electron chi connectivity index (χ1n) is 5.44. The van der Waals surface area contributed by atoms with Crippen molar-refractivity contribution in [1.82, 2.24) is 0 Å². The lowest BCUT2D eigenvalue weighted by Gasteiger charge is -2.04. The summed E-state index contributed by atoms with van der Waals surface area (Å²) in [6, 6.07) is 9.96. The Labute approximate surface area is 96.6 Å². The molecule has 0 unspecified atom stereocenters. The third-order valence-corrected chi connectivity index (χ3v) is 2.26. The summed E-state index contributed by atoms with van der Waals surface area (Å²) in [4.78, 5) is 0. The highest BCUT2D eigenvalue weighted by Gasteiger charge is 1.95. The van der Waals surface area contributed by atoms with Gasteiger partial charge >= 0.3 is 0 Å². The van der Waals surface area contributed by atoms with Gasteiger partial charge in [-0.2, -0.15) is 5.26 Å². The Morgan fingerprint density at radius 3 is 2.56 bits per heavy atom. The highest BCUT2D eigenvalue weighted by atomic mass is 16.5. The quantitative estimate of drug-likeness (QED) is 0.662. The molecule has 0 aliphatic heterocycles. The number of methoxy groups -OCH3 is 1. The lowest BCUT2D eigenvalue weighted by Crippen LogP contribution is -1.95. The first kappa shape index (κ1) is 12.5. The maximum Gasteiger partial charge on any atom is 0.118 e. The fourth-order valence-electron chi connectivity index (χ4n) is 1.32. The molecule has 0 amide bonds. The van der Waals surface area contributed by atoms with Crippen LogP contribution in [0.1, 0.15) is 24.8 Å². The maximum absolute atomic E-state index is 8.35. The van der Waals surface area contributed by atoms with Gasteiger partial charge in [0.1, 0.15) is 5.75 Å². The standard InChI is InChI=1S/C13H17NO2/c1-15-13-7-5-12(6-8-13)11-16-10-4-2-3-9-14/h5-8H,2-4,10-11H2,1H3.